The van der Waals surface area contributed by atoms with E-state index >= 15 is 0 Å². The average Bonchev–Trinajstić information content (AvgIpc) is 3.40. The molecular weight excluding hydrogens is 396 g/mol. The van der Waals surface area contributed by atoms with Gasteiger partial charge in [-0.3, -0.25) is 9.59 Å². The van der Waals surface area contributed by atoms with E-state index in [2.05, 4.69) is 42.3 Å². The van der Waals surface area contributed by atoms with Gasteiger partial charge in [-0.1, -0.05) is 58.0 Å². The number of ketones is 1. The maximum absolute atomic E-state index is 11.3. The van der Waals surface area contributed by atoms with Crippen molar-refractivity contribution >= 4 is 22.6 Å². The Morgan fingerprint density at radius 1 is 1.03 bits per heavy atom. The summed E-state index contributed by atoms with van der Waals surface area (Å²) in [5, 5.41) is 4.26. The van der Waals surface area contributed by atoms with Crippen molar-refractivity contribution in [1.29, 1.82) is 0 Å². The van der Waals surface area contributed by atoms with E-state index < -0.39 is 0 Å². The van der Waals surface area contributed by atoms with E-state index in [9.17, 15) is 9.59 Å². The number of benzene rings is 2. The highest BCUT2D eigenvalue weighted by atomic mass is 16.1. The molecule has 1 aliphatic rings. The van der Waals surface area contributed by atoms with E-state index in [4.69, 9.17) is 0 Å². The number of carbonyl (C=O) groups excluding carboxylic acids is 2. The van der Waals surface area contributed by atoms with E-state index in [-0.39, 0.29) is 11.7 Å². The van der Waals surface area contributed by atoms with E-state index in [0.29, 0.717) is 12.5 Å². The Morgan fingerprint density at radius 3 is 2.25 bits per heavy atom. The van der Waals surface area contributed by atoms with Gasteiger partial charge >= 0.3 is 0 Å². The van der Waals surface area contributed by atoms with Crippen molar-refractivity contribution in [3.05, 3.63) is 59.8 Å². The number of fused-ring (bicyclic) bond motifs is 1. The normalized spacial score (nSPS) is 17.1. The largest absolute Gasteiger partial charge is 0.361 e. The molecule has 0 unspecified atom stereocenters. The highest BCUT2D eigenvalue weighted by Gasteiger charge is 2.21. The predicted octanol–water partition coefficient (Wildman–Crippen LogP) is 7.07. The summed E-state index contributed by atoms with van der Waals surface area (Å²) in [5.74, 6) is 1.10. The second-order valence-corrected chi connectivity index (χ2v) is 8.40. The van der Waals surface area contributed by atoms with Crippen LogP contribution in [0.25, 0.3) is 22.0 Å². The monoisotopic (exact) mass is 434 g/mol. The van der Waals surface area contributed by atoms with Crippen molar-refractivity contribution in [2.24, 2.45) is 5.92 Å². The summed E-state index contributed by atoms with van der Waals surface area (Å²) >= 11 is 0. The lowest BCUT2D eigenvalue weighted by atomic mass is 10.0. The summed E-state index contributed by atoms with van der Waals surface area (Å²) in [4.78, 5) is 25.5. The first-order chi connectivity index (χ1) is 15.4. The lowest BCUT2D eigenvalue weighted by Gasteiger charge is -2.10. The van der Waals surface area contributed by atoms with Crippen LogP contribution in [0.4, 0.5) is 0 Å². The van der Waals surface area contributed by atoms with Gasteiger partial charge in [-0.05, 0) is 67.9 Å². The number of Topliss-reactive ketones (excluding diaryl/α,β-unsaturated/α-hetero) is 1. The molecule has 2 N–H and O–H groups in total. The van der Waals surface area contributed by atoms with Crippen molar-refractivity contribution in [3.63, 3.8) is 0 Å². The molecule has 2 aromatic carbocycles. The lowest BCUT2D eigenvalue weighted by molar-refractivity contribution is -0.121. The van der Waals surface area contributed by atoms with Crippen LogP contribution in [0.5, 0.6) is 0 Å². The Bertz CT molecular complexity index is 1020. The smallest absolute Gasteiger partial charge is 0.219 e. The molecule has 1 fully saturated rings. The SMILES string of the molecule is CC.CC(=O)c1ccc(-c2ccc3[nH]cc(C)c3c2)cc1.CCC(=O)N[C@H]1CC[C@@H](C)C1. The minimum Gasteiger partial charge on any atom is -0.361 e. The highest BCUT2D eigenvalue weighted by Crippen LogP contribution is 2.26. The standard InChI is InChI=1S/C17H15NO.C9H17NO.C2H6/c1-11-10-18-17-8-7-15(9-16(11)17)14-5-3-13(4-6-14)12(2)19;1-3-9(11)10-8-5-4-7(2)6-8;1-2/h3-10,18H,1-2H3;7-8H,3-6H2,1-2H3,(H,10,11);1-2H3/t;7-,8+;/m.1./s1. The Hall–Kier alpha value is -2.88. The topological polar surface area (TPSA) is 62.0 Å². The molecule has 1 amide bonds. The predicted molar refractivity (Wildman–Crippen MR) is 135 cm³/mol. The Labute approximate surface area is 192 Å². The molecule has 1 aromatic heterocycles. The van der Waals surface area contributed by atoms with Gasteiger partial charge < -0.3 is 10.3 Å². The van der Waals surface area contributed by atoms with E-state index in [0.717, 1.165) is 22.6 Å². The number of nitrogens with one attached hydrogen (secondary N) is 2. The second-order valence-electron chi connectivity index (χ2n) is 8.40. The molecule has 4 heteroatoms. The molecule has 0 radical (unpaired) electrons. The number of amides is 1. The first kappa shape index (κ1) is 25.4. The van der Waals surface area contributed by atoms with Crippen LogP contribution in [0.1, 0.15) is 76.2 Å². The van der Waals surface area contributed by atoms with E-state index in [1.807, 2.05) is 51.2 Å². The van der Waals surface area contributed by atoms with Crippen molar-refractivity contribution in [2.75, 3.05) is 0 Å². The van der Waals surface area contributed by atoms with Gasteiger partial charge in [-0.25, -0.2) is 0 Å². The fourth-order valence-electron chi connectivity index (χ4n) is 4.01. The van der Waals surface area contributed by atoms with Gasteiger partial charge in [0.1, 0.15) is 0 Å². The van der Waals surface area contributed by atoms with Crippen LogP contribution >= 0.6 is 0 Å². The van der Waals surface area contributed by atoms with Crippen LogP contribution in [0.3, 0.4) is 0 Å². The van der Waals surface area contributed by atoms with Gasteiger partial charge in [-0.2, -0.15) is 0 Å². The number of H-pyrrole nitrogens is 1. The van der Waals surface area contributed by atoms with Gasteiger partial charge in [0.2, 0.25) is 5.91 Å². The fourth-order valence-corrected chi connectivity index (χ4v) is 4.01. The Kier molecular flexibility index (Phi) is 9.70. The summed E-state index contributed by atoms with van der Waals surface area (Å²) in [7, 11) is 0. The first-order valence-electron chi connectivity index (χ1n) is 11.9. The molecule has 0 aliphatic heterocycles. The fraction of sp³-hybridized carbons (Fsp3) is 0.429. The molecule has 32 heavy (non-hydrogen) atoms. The van der Waals surface area contributed by atoms with Crippen molar-refractivity contribution in [1.82, 2.24) is 10.3 Å². The number of aromatic amines is 1. The molecule has 0 spiro atoms. The third kappa shape index (κ3) is 6.81. The third-order valence-electron chi connectivity index (χ3n) is 5.89. The molecule has 4 nitrogen and oxygen atoms in total. The number of aryl methyl sites for hydroxylation is 1. The lowest BCUT2D eigenvalue weighted by Crippen LogP contribution is -2.32. The third-order valence-corrected chi connectivity index (χ3v) is 5.89. The average molecular weight is 435 g/mol. The number of hydrogen-bond donors (Lipinski definition) is 2. The van der Waals surface area contributed by atoms with Crippen LogP contribution in [0.2, 0.25) is 0 Å². The van der Waals surface area contributed by atoms with Gasteiger partial charge in [0.25, 0.3) is 0 Å². The highest BCUT2D eigenvalue weighted by molar-refractivity contribution is 5.95. The molecule has 0 saturated heterocycles. The molecule has 1 saturated carbocycles. The maximum atomic E-state index is 11.3. The number of aromatic nitrogens is 1. The molecule has 1 heterocycles. The minimum atomic E-state index is 0.100. The Balaban J connectivity index is 0.000000239. The molecule has 1 aliphatic carbocycles. The van der Waals surface area contributed by atoms with Crippen LogP contribution in [-0.2, 0) is 4.79 Å². The zero-order valence-corrected chi connectivity index (χ0v) is 20.4. The molecular formula is C28H38N2O2. The first-order valence-corrected chi connectivity index (χ1v) is 11.9. The Morgan fingerprint density at radius 2 is 1.69 bits per heavy atom. The van der Waals surface area contributed by atoms with E-state index in [1.165, 1.54) is 35.8 Å². The maximum Gasteiger partial charge on any atom is 0.219 e. The summed E-state index contributed by atoms with van der Waals surface area (Å²) in [6.45, 7) is 11.8. The van der Waals surface area contributed by atoms with Crippen LogP contribution < -0.4 is 5.32 Å². The van der Waals surface area contributed by atoms with Crippen LogP contribution in [-0.4, -0.2) is 22.7 Å². The molecule has 4 rings (SSSR count). The summed E-state index contributed by atoms with van der Waals surface area (Å²) in [5.41, 5.74) is 5.46. The van der Waals surface area contributed by atoms with Gasteiger partial charge in [-0.15, -0.1) is 0 Å². The quantitative estimate of drug-likeness (QED) is 0.431. The van der Waals surface area contributed by atoms with Crippen LogP contribution in [0, 0.1) is 12.8 Å². The molecule has 2 atom stereocenters. The summed E-state index contributed by atoms with van der Waals surface area (Å²) in [6, 6.07) is 14.6. The second kappa shape index (κ2) is 12.2. The number of hydrogen-bond acceptors (Lipinski definition) is 2. The molecule has 3 aromatic rings. The van der Waals surface area contributed by atoms with E-state index in [1.54, 1.807) is 6.92 Å². The zero-order chi connectivity index (χ0) is 23.7. The van der Waals surface area contributed by atoms with Gasteiger partial charge in [0.15, 0.2) is 5.78 Å². The van der Waals surface area contributed by atoms with Crippen molar-refractivity contribution < 1.29 is 9.59 Å². The van der Waals surface area contributed by atoms with Crippen molar-refractivity contribution in [3.8, 4) is 11.1 Å². The number of carbonyl (C=O) groups is 2. The van der Waals surface area contributed by atoms with Gasteiger partial charge in [0.05, 0.1) is 0 Å². The van der Waals surface area contributed by atoms with Crippen LogP contribution in [0.15, 0.2) is 48.7 Å². The summed E-state index contributed by atoms with van der Waals surface area (Å²) in [6.07, 6.45) is 6.26. The van der Waals surface area contributed by atoms with Crippen molar-refractivity contribution in [2.45, 2.75) is 73.3 Å². The summed E-state index contributed by atoms with van der Waals surface area (Å²) < 4.78 is 0. The zero-order valence-electron chi connectivity index (χ0n) is 20.4. The molecule has 0 bridgehead atoms. The number of rotatable bonds is 4. The van der Waals surface area contributed by atoms with Gasteiger partial charge in [0, 0.05) is 35.1 Å². The minimum absolute atomic E-state index is 0.100. The molecule has 172 valence electrons.